The Morgan fingerprint density at radius 3 is 2.35 bits per heavy atom. The van der Waals surface area contributed by atoms with Gasteiger partial charge < -0.3 is 5.73 Å². The Balaban J connectivity index is 2.48. The van der Waals surface area contributed by atoms with E-state index in [1.54, 1.807) is 6.07 Å². The van der Waals surface area contributed by atoms with Crippen LogP contribution in [0.15, 0.2) is 59.5 Å². The van der Waals surface area contributed by atoms with Crippen LogP contribution in [0.3, 0.4) is 0 Å². The molecule has 23 heavy (non-hydrogen) atoms. The lowest BCUT2D eigenvalue weighted by molar-refractivity contribution is 0.459. The molecule has 124 valence electrons. The van der Waals surface area contributed by atoms with Crippen molar-refractivity contribution in [2.75, 3.05) is 0 Å². The molecule has 0 radical (unpaired) electrons. The summed E-state index contributed by atoms with van der Waals surface area (Å²) in [4.78, 5) is -0.335. The molecule has 2 unspecified atom stereocenters. The molecule has 9 heteroatoms. The van der Waals surface area contributed by atoms with Crippen LogP contribution in [0.4, 0.5) is 0 Å². The monoisotopic (exact) mass is 357 g/mol. The van der Waals surface area contributed by atoms with E-state index in [0.29, 0.717) is 0 Å². The Kier molecular flexibility index (Phi) is 4.60. The largest absolute Gasteiger partial charge is 0.317 e. The van der Waals surface area contributed by atoms with E-state index in [4.69, 9.17) is 5.73 Å². The normalized spacial score (nSPS) is 25.1. The summed E-state index contributed by atoms with van der Waals surface area (Å²) in [6.07, 6.45) is 8.09. The second kappa shape index (κ2) is 6.02. The fourth-order valence-electron chi connectivity index (χ4n) is 2.24. The van der Waals surface area contributed by atoms with Gasteiger partial charge in [-0.1, -0.05) is 54.7 Å². The summed E-state index contributed by atoms with van der Waals surface area (Å²) in [6.45, 7) is 0. The van der Waals surface area contributed by atoms with Gasteiger partial charge in [0.25, 0.3) is 20.2 Å². The zero-order valence-electron chi connectivity index (χ0n) is 11.8. The molecule has 0 saturated heterocycles. The van der Waals surface area contributed by atoms with Crippen molar-refractivity contribution < 1.29 is 25.9 Å². The third-order valence-electron chi connectivity index (χ3n) is 3.34. The Bertz CT molecular complexity index is 899. The van der Waals surface area contributed by atoms with Crippen LogP contribution >= 0.6 is 0 Å². The lowest BCUT2D eigenvalue weighted by atomic mass is 9.91. The summed E-state index contributed by atoms with van der Waals surface area (Å²) in [5.74, 6) is 0. The fraction of sp³-hybridized carbons (Fsp3) is 0.143. The van der Waals surface area contributed by atoms with Crippen LogP contribution < -0.4 is 5.73 Å². The highest BCUT2D eigenvalue weighted by Gasteiger charge is 2.38. The zero-order valence-corrected chi connectivity index (χ0v) is 13.4. The number of hydrogen-bond acceptors (Lipinski definition) is 5. The van der Waals surface area contributed by atoms with E-state index < -0.39 is 31.0 Å². The van der Waals surface area contributed by atoms with Crippen molar-refractivity contribution in [1.29, 1.82) is 0 Å². The van der Waals surface area contributed by atoms with Gasteiger partial charge in [0.2, 0.25) is 0 Å². The highest BCUT2D eigenvalue weighted by atomic mass is 32.2. The van der Waals surface area contributed by atoms with Gasteiger partial charge >= 0.3 is 0 Å². The zero-order chi connectivity index (χ0) is 17.3. The van der Waals surface area contributed by atoms with Crippen molar-refractivity contribution in [1.82, 2.24) is 0 Å². The summed E-state index contributed by atoms with van der Waals surface area (Å²) < 4.78 is 64.1. The van der Waals surface area contributed by atoms with Crippen molar-refractivity contribution in [3.8, 4) is 0 Å². The molecule has 0 aromatic heterocycles. The molecular weight excluding hydrogens is 342 g/mol. The molecule has 0 heterocycles. The van der Waals surface area contributed by atoms with Gasteiger partial charge in [0.15, 0.2) is 0 Å². The molecule has 4 N–H and O–H groups in total. The first kappa shape index (κ1) is 17.6. The summed E-state index contributed by atoms with van der Waals surface area (Å²) in [5, 5.41) is -1.41. The average Bonchev–Trinajstić information content (AvgIpc) is 2.44. The summed E-state index contributed by atoms with van der Waals surface area (Å²) in [6, 6.07) is 5.61. The minimum absolute atomic E-state index is 0.136. The second-order valence-electron chi connectivity index (χ2n) is 5.03. The molecule has 2 atom stereocenters. The van der Waals surface area contributed by atoms with Crippen LogP contribution in [0.1, 0.15) is 5.56 Å². The van der Waals surface area contributed by atoms with Crippen LogP contribution in [0.5, 0.6) is 0 Å². The minimum Gasteiger partial charge on any atom is -0.317 e. The van der Waals surface area contributed by atoms with E-state index in [-0.39, 0.29) is 10.5 Å². The molecule has 0 fully saturated rings. The summed E-state index contributed by atoms with van der Waals surface area (Å²) >= 11 is 0. The van der Waals surface area contributed by atoms with E-state index >= 15 is 0 Å². The van der Waals surface area contributed by atoms with Crippen molar-refractivity contribution >= 4 is 26.3 Å². The first-order valence-corrected chi connectivity index (χ1v) is 9.35. The van der Waals surface area contributed by atoms with Crippen LogP contribution in [0.25, 0.3) is 6.08 Å². The smallest absolute Gasteiger partial charge is 0.295 e. The van der Waals surface area contributed by atoms with Gasteiger partial charge in [0.05, 0.1) is 5.54 Å². The second-order valence-corrected chi connectivity index (χ2v) is 7.95. The molecule has 1 aromatic rings. The van der Waals surface area contributed by atoms with E-state index in [1.165, 1.54) is 54.7 Å². The molecule has 0 saturated carbocycles. The van der Waals surface area contributed by atoms with E-state index in [0.717, 1.165) is 0 Å². The topological polar surface area (TPSA) is 135 Å². The molecule has 0 aliphatic heterocycles. The SMILES string of the molecule is NC1(C=Cc2ccccc2S(=O)(=O)O)C=CC=CC1S(=O)(=O)O. The van der Waals surface area contributed by atoms with Crippen LogP contribution in [0, 0.1) is 0 Å². The molecule has 0 spiro atoms. The lowest BCUT2D eigenvalue weighted by Crippen LogP contribution is -2.51. The Morgan fingerprint density at radius 2 is 1.74 bits per heavy atom. The van der Waals surface area contributed by atoms with E-state index in [9.17, 15) is 25.9 Å². The van der Waals surface area contributed by atoms with Crippen molar-refractivity contribution in [2.45, 2.75) is 15.7 Å². The van der Waals surface area contributed by atoms with Gasteiger partial charge in [0.1, 0.15) is 10.1 Å². The molecule has 0 amide bonds. The van der Waals surface area contributed by atoms with Crippen molar-refractivity contribution in [3.05, 3.63) is 60.2 Å². The predicted octanol–water partition coefficient (Wildman–Crippen LogP) is 1.03. The van der Waals surface area contributed by atoms with Crippen molar-refractivity contribution in [3.63, 3.8) is 0 Å². The van der Waals surface area contributed by atoms with E-state index in [2.05, 4.69) is 0 Å². The quantitative estimate of drug-likeness (QED) is 0.685. The lowest BCUT2D eigenvalue weighted by Gasteiger charge is -2.29. The first-order valence-electron chi connectivity index (χ1n) is 6.41. The molecule has 1 aromatic carbocycles. The standard InChI is InChI=1S/C14H15NO6S2/c15-14(9-4-3-7-13(14)23(19,20)21)10-8-11-5-1-2-6-12(11)22(16,17)18/h1-10,13H,15H2,(H,16,17,18)(H,19,20,21). The van der Waals surface area contributed by atoms with Gasteiger partial charge in [-0.05, 0) is 11.6 Å². The first-order chi connectivity index (χ1) is 10.5. The summed E-state index contributed by atoms with van der Waals surface area (Å²) in [7, 11) is -8.90. The predicted molar refractivity (Wildman–Crippen MR) is 85.8 cm³/mol. The number of rotatable bonds is 4. The number of hydrogen-bond donors (Lipinski definition) is 3. The van der Waals surface area contributed by atoms with Gasteiger partial charge in [-0.25, -0.2) is 0 Å². The third-order valence-corrected chi connectivity index (χ3v) is 5.48. The van der Waals surface area contributed by atoms with Gasteiger partial charge in [-0.15, -0.1) is 0 Å². The third kappa shape index (κ3) is 3.95. The number of allylic oxidation sites excluding steroid dienone is 2. The Hall–Kier alpha value is -1.78. The van der Waals surface area contributed by atoms with Crippen LogP contribution in [-0.4, -0.2) is 36.7 Å². The molecular formula is C14H15NO6S2. The summed E-state index contributed by atoms with van der Waals surface area (Å²) in [5.41, 5.74) is 4.60. The molecule has 1 aliphatic rings. The highest BCUT2D eigenvalue weighted by Crippen LogP contribution is 2.25. The van der Waals surface area contributed by atoms with E-state index in [1.807, 2.05) is 0 Å². The maximum absolute atomic E-state index is 11.5. The molecule has 7 nitrogen and oxygen atoms in total. The molecule has 0 bridgehead atoms. The van der Waals surface area contributed by atoms with Crippen LogP contribution in [-0.2, 0) is 20.2 Å². The number of benzene rings is 1. The maximum atomic E-state index is 11.5. The molecule has 1 aliphatic carbocycles. The minimum atomic E-state index is -4.46. The highest BCUT2D eigenvalue weighted by molar-refractivity contribution is 7.86. The fourth-order valence-corrected chi connectivity index (χ4v) is 3.89. The van der Waals surface area contributed by atoms with Crippen LogP contribution in [0.2, 0.25) is 0 Å². The number of nitrogens with two attached hydrogens (primary N) is 1. The van der Waals surface area contributed by atoms with Gasteiger partial charge in [0, 0.05) is 0 Å². The van der Waals surface area contributed by atoms with Crippen molar-refractivity contribution in [2.24, 2.45) is 5.73 Å². The molecule has 2 rings (SSSR count). The average molecular weight is 357 g/mol. The maximum Gasteiger partial charge on any atom is 0.295 e. The Morgan fingerprint density at radius 1 is 1.09 bits per heavy atom. The Labute approximate surface area is 134 Å². The van der Waals surface area contributed by atoms with Gasteiger partial charge in [-0.3, -0.25) is 9.11 Å². The van der Waals surface area contributed by atoms with Gasteiger partial charge in [-0.2, -0.15) is 16.8 Å².